The predicted octanol–water partition coefficient (Wildman–Crippen LogP) is 3.75. The van der Waals surface area contributed by atoms with Gasteiger partial charge in [0.15, 0.2) is 6.04 Å². The molecule has 0 radical (unpaired) electrons. The van der Waals surface area contributed by atoms with Gasteiger partial charge < -0.3 is 5.32 Å². The molecule has 2 atom stereocenters. The van der Waals surface area contributed by atoms with Crippen LogP contribution >= 0.6 is 0 Å². The van der Waals surface area contributed by atoms with Crippen molar-refractivity contribution in [1.82, 2.24) is 14.1 Å². The first-order valence-electron chi connectivity index (χ1n) is 9.73. The zero-order valence-corrected chi connectivity index (χ0v) is 17.6. The third kappa shape index (κ3) is 4.17. The number of nitrogens with one attached hydrogen (secondary N) is 1. The van der Waals surface area contributed by atoms with E-state index in [-0.39, 0.29) is 29.5 Å². The molecule has 160 valence electrons. The number of alkyl halides is 3. The molecule has 2 aliphatic rings. The molecule has 1 aromatic heterocycles. The van der Waals surface area contributed by atoms with Crippen molar-refractivity contribution in [2.24, 2.45) is 5.41 Å². The maximum Gasteiger partial charge on any atom is 0.410 e. The number of rotatable bonds is 3. The van der Waals surface area contributed by atoms with E-state index < -0.39 is 22.2 Å². The smallest absolute Gasteiger partial charge is 0.367 e. The van der Waals surface area contributed by atoms with Gasteiger partial charge in [-0.3, -0.25) is 0 Å². The third-order valence-electron chi connectivity index (χ3n) is 5.88. The Morgan fingerprint density at radius 3 is 2.32 bits per heavy atom. The Morgan fingerprint density at radius 1 is 1.21 bits per heavy atom. The van der Waals surface area contributed by atoms with Crippen molar-refractivity contribution in [1.29, 1.82) is 0 Å². The minimum atomic E-state index is -4.37. The van der Waals surface area contributed by atoms with Crippen molar-refractivity contribution in [2.45, 2.75) is 71.1 Å². The molecule has 0 bridgehead atoms. The molecule has 2 aliphatic heterocycles. The van der Waals surface area contributed by atoms with Crippen LogP contribution in [0, 0.1) is 5.41 Å². The molecule has 0 spiro atoms. The van der Waals surface area contributed by atoms with Crippen molar-refractivity contribution < 1.29 is 21.6 Å². The standard InChI is InChI=1S/C18H29F3N4O2S/c1-5-28(26,27)24-8-6-12(7-9-24)13-10-16-22-14(17(2,3)4)11-15(18(19,20)21)25(16)23-13/h10,12,14-15,22H,5-9,11H2,1-4H3/t14-,15+/m0/s1. The SMILES string of the molecule is CCS(=O)(=O)N1CCC(c2cc3n(n2)[C@@H](C(F)(F)F)C[C@@H](C(C)(C)C)N3)CC1. The van der Waals surface area contributed by atoms with Gasteiger partial charge in [0, 0.05) is 31.1 Å². The van der Waals surface area contributed by atoms with E-state index in [1.165, 1.54) is 4.31 Å². The van der Waals surface area contributed by atoms with Gasteiger partial charge in [0.2, 0.25) is 10.0 Å². The highest BCUT2D eigenvalue weighted by Gasteiger charge is 2.48. The molecule has 0 aliphatic carbocycles. The van der Waals surface area contributed by atoms with E-state index in [1.807, 2.05) is 20.8 Å². The zero-order chi connectivity index (χ0) is 20.9. The molecular formula is C18H29F3N4O2S. The minimum absolute atomic E-state index is 0.0369. The molecule has 3 rings (SSSR count). The number of nitrogens with zero attached hydrogens (tertiary/aromatic N) is 3. The van der Waals surface area contributed by atoms with Crippen LogP contribution < -0.4 is 5.32 Å². The maximum absolute atomic E-state index is 13.7. The Labute approximate surface area is 164 Å². The quantitative estimate of drug-likeness (QED) is 0.806. The first-order chi connectivity index (χ1) is 12.8. The highest BCUT2D eigenvalue weighted by atomic mass is 32.2. The average molecular weight is 423 g/mol. The fourth-order valence-corrected chi connectivity index (χ4v) is 5.11. The molecule has 1 N–H and O–H groups in total. The largest absolute Gasteiger partial charge is 0.410 e. The number of sulfonamides is 1. The topological polar surface area (TPSA) is 67.2 Å². The summed E-state index contributed by atoms with van der Waals surface area (Å²) in [5.41, 5.74) is 0.291. The normalized spacial score (nSPS) is 25.4. The molecule has 6 nitrogen and oxygen atoms in total. The van der Waals surface area contributed by atoms with E-state index in [0.29, 0.717) is 37.4 Å². The molecule has 1 saturated heterocycles. The Kier molecular flexibility index (Phi) is 5.50. The lowest BCUT2D eigenvalue weighted by molar-refractivity contribution is -0.175. The van der Waals surface area contributed by atoms with Crippen molar-refractivity contribution in [3.05, 3.63) is 11.8 Å². The lowest BCUT2D eigenvalue weighted by atomic mass is 9.82. The van der Waals surface area contributed by atoms with Crippen molar-refractivity contribution in [2.75, 3.05) is 24.2 Å². The Morgan fingerprint density at radius 2 is 1.82 bits per heavy atom. The second-order valence-corrected chi connectivity index (χ2v) is 11.1. The van der Waals surface area contributed by atoms with Gasteiger partial charge in [0.1, 0.15) is 5.82 Å². The van der Waals surface area contributed by atoms with Crippen molar-refractivity contribution in [3.63, 3.8) is 0 Å². The summed E-state index contributed by atoms with van der Waals surface area (Å²) in [7, 11) is -3.23. The molecule has 0 aromatic carbocycles. The van der Waals surface area contributed by atoms with Gasteiger partial charge in [0.05, 0.1) is 11.4 Å². The maximum atomic E-state index is 13.7. The summed E-state index contributed by atoms with van der Waals surface area (Å²) in [6, 6.07) is -0.249. The van der Waals surface area contributed by atoms with Crippen LogP contribution in [0.25, 0.3) is 0 Å². The Balaban J connectivity index is 1.83. The summed E-state index contributed by atoms with van der Waals surface area (Å²) in [4.78, 5) is 0. The van der Waals surface area contributed by atoms with Gasteiger partial charge in [0.25, 0.3) is 0 Å². The molecule has 1 aromatic rings. The summed E-state index contributed by atoms with van der Waals surface area (Å²) < 4.78 is 67.6. The second-order valence-electron chi connectivity index (χ2n) is 8.83. The Bertz CT molecular complexity index is 806. The summed E-state index contributed by atoms with van der Waals surface area (Å²) in [6.07, 6.45) is -3.30. The summed E-state index contributed by atoms with van der Waals surface area (Å²) in [6.45, 7) is 8.14. The summed E-state index contributed by atoms with van der Waals surface area (Å²) in [5.74, 6) is 0.416. The number of halogens is 3. The second kappa shape index (κ2) is 7.19. The van der Waals surface area contributed by atoms with E-state index in [0.717, 1.165) is 4.68 Å². The van der Waals surface area contributed by atoms with Gasteiger partial charge in [-0.1, -0.05) is 20.8 Å². The fourth-order valence-electron chi connectivity index (χ4n) is 3.97. The van der Waals surface area contributed by atoms with E-state index in [4.69, 9.17) is 0 Å². The van der Waals surface area contributed by atoms with Gasteiger partial charge in [-0.15, -0.1) is 0 Å². The molecule has 0 saturated carbocycles. The van der Waals surface area contributed by atoms with Crippen LogP contribution in [0.5, 0.6) is 0 Å². The van der Waals surface area contributed by atoms with Crippen molar-refractivity contribution >= 4 is 15.8 Å². The first-order valence-corrected chi connectivity index (χ1v) is 11.3. The molecule has 28 heavy (non-hydrogen) atoms. The lowest BCUT2D eigenvalue weighted by Crippen LogP contribution is -2.44. The molecule has 1 fully saturated rings. The van der Waals surface area contributed by atoms with E-state index in [1.54, 1.807) is 13.0 Å². The Hall–Kier alpha value is -1.29. The van der Waals surface area contributed by atoms with E-state index in [2.05, 4.69) is 10.4 Å². The van der Waals surface area contributed by atoms with Crippen LogP contribution in [0.15, 0.2) is 6.07 Å². The zero-order valence-electron chi connectivity index (χ0n) is 16.8. The predicted molar refractivity (Wildman–Crippen MR) is 102 cm³/mol. The number of hydrogen-bond donors (Lipinski definition) is 1. The van der Waals surface area contributed by atoms with Gasteiger partial charge >= 0.3 is 6.18 Å². The molecule has 10 heteroatoms. The van der Waals surface area contributed by atoms with Gasteiger partial charge in [-0.05, 0) is 31.6 Å². The van der Waals surface area contributed by atoms with Crippen LogP contribution in [-0.4, -0.2) is 53.6 Å². The van der Waals surface area contributed by atoms with E-state index in [9.17, 15) is 21.6 Å². The number of aromatic nitrogens is 2. The summed E-state index contributed by atoms with van der Waals surface area (Å²) >= 11 is 0. The molecule has 0 amide bonds. The lowest BCUT2D eigenvalue weighted by Gasteiger charge is -2.39. The number of fused-ring (bicyclic) bond motifs is 1. The van der Waals surface area contributed by atoms with E-state index >= 15 is 0 Å². The highest BCUT2D eigenvalue weighted by molar-refractivity contribution is 7.89. The number of piperidine rings is 1. The minimum Gasteiger partial charge on any atom is -0.367 e. The third-order valence-corrected chi connectivity index (χ3v) is 7.77. The van der Waals surface area contributed by atoms with Crippen LogP contribution in [0.1, 0.15) is 64.6 Å². The monoisotopic (exact) mass is 422 g/mol. The molecular weight excluding hydrogens is 393 g/mol. The number of anilines is 1. The molecule has 0 unspecified atom stereocenters. The summed E-state index contributed by atoms with van der Waals surface area (Å²) in [5, 5.41) is 7.55. The highest BCUT2D eigenvalue weighted by Crippen LogP contribution is 2.44. The van der Waals surface area contributed by atoms with Crippen molar-refractivity contribution in [3.8, 4) is 0 Å². The molecule has 3 heterocycles. The van der Waals surface area contributed by atoms with Crippen LogP contribution in [-0.2, 0) is 10.0 Å². The van der Waals surface area contributed by atoms with Crippen LogP contribution in [0.3, 0.4) is 0 Å². The van der Waals surface area contributed by atoms with Crippen LogP contribution in [0.2, 0.25) is 0 Å². The fraction of sp³-hybridized carbons (Fsp3) is 0.833. The van der Waals surface area contributed by atoms with Gasteiger partial charge in [-0.2, -0.15) is 18.3 Å². The average Bonchev–Trinajstić information content (AvgIpc) is 3.03. The first kappa shape index (κ1) is 21.4. The van der Waals surface area contributed by atoms with Crippen LogP contribution in [0.4, 0.5) is 19.0 Å². The number of hydrogen-bond acceptors (Lipinski definition) is 4. The van der Waals surface area contributed by atoms with Gasteiger partial charge in [-0.25, -0.2) is 17.4 Å².